The van der Waals surface area contributed by atoms with E-state index >= 15 is 0 Å². The Bertz CT molecular complexity index is 639. The number of nitrogens with two attached hydrogens (primary N) is 4. The van der Waals surface area contributed by atoms with Crippen LogP contribution in [0.15, 0.2) is 11.8 Å². The molecule has 12 heteroatoms. The van der Waals surface area contributed by atoms with Crippen LogP contribution in [0.4, 0.5) is 0 Å². The Kier molecular flexibility index (Phi) is 7.92. The molecule has 0 bridgehead atoms. The summed E-state index contributed by atoms with van der Waals surface area (Å²) in [6.07, 6.45) is -3.56. The van der Waals surface area contributed by atoms with Gasteiger partial charge in [-0.2, -0.15) is 0 Å². The molecule has 31 heavy (non-hydrogen) atoms. The lowest BCUT2D eigenvalue weighted by molar-refractivity contribution is -0.303. The van der Waals surface area contributed by atoms with E-state index in [1.54, 1.807) is 20.0 Å². The van der Waals surface area contributed by atoms with E-state index in [1.807, 2.05) is 0 Å². The van der Waals surface area contributed by atoms with E-state index in [9.17, 15) is 15.3 Å². The predicted octanol–water partition coefficient (Wildman–Crippen LogP) is -3.85. The number of hydrogen-bond donors (Lipinski definition) is 8. The van der Waals surface area contributed by atoms with Crippen molar-refractivity contribution in [1.29, 1.82) is 0 Å². The number of ether oxygens (including phenoxy) is 4. The Morgan fingerprint density at radius 1 is 1.10 bits per heavy atom. The number of nitrogens with one attached hydrogen (secondary N) is 1. The summed E-state index contributed by atoms with van der Waals surface area (Å²) in [5.74, 6) is 0.555. The van der Waals surface area contributed by atoms with Gasteiger partial charge in [0.15, 0.2) is 6.29 Å². The SMILES string of the molecule is CN[C@H]1[C@@H](O)[C@H](O[C@H]2[C@@H](O)[C@@H](O[C@H]3OC(CN)=CC[C@H]3N)[C@@H](N)C[C@H]2N)OC[C@]1(C)O. The lowest BCUT2D eigenvalue weighted by atomic mass is 9.84. The highest BCUT2D eigenvalue weighted by molar-refractivity contribution is 5.04. The molecule has 0 amide bonds. The number of rotatable bonds is 6. The molecule has 0 aromatic carbocycles. The fourth-order valence-electron chi connectivity index (χ4n) is 4.44. The van der Waals surface area contributed by atoms with Crippen molar-refractivity contribution in [2.45, 2.75) is 86.5 Å². The lowest BCUT2D eigenvalue weighted by Crippen LogP contribution is -2.68. The fraction of sp³-hybridized carbons (Fsp3) is 0.895. The molecule has 12 N–H and O–H groups in total. The molecule has 2 fully saturated rings. The van der Waals surface area contributed by atoms with Gasteiger partial charge < -0.3 is 62.5 Å². The van der Waals surface area contributed by atoms with E-state index in [4.69, 9.17) is 41.9 Å². The third-order valence-corrected chi connectivity index (χ3v) is 6.22. The third kappa shape index (κ3) is 5.20. The molecule has 2 aliphatic heterocycles. The Balaban J connectivity index is 1.69. The van der Waals surface area contributed by atoms with Gasteiger partial charge >= 0.3 is 0 Å². The van der Waals surface area contributed by atoms with Gasteiger partial charge in [0.05, 0.1) is 25.2 Å². The monoisotopic (exact) mass is 447 g/mol. The molecule has 1 saturated carbocycles. The van der Waals surface area contributed by atoms with Crippen LogP contribution in [0.1, 0.15) is 19.8 Å². The highest BCUT2D eigenvalue weighted by Gasteiger charge is 2.50. The topological polar surface area (TPSA) is 214 Å². The Morgan fingerprint density at radius 2 is 1.71 bits per heavy atom. The summed E-state index contributed by atoms with van der Waals surface area (Å²) >= 11 is 0. The first-order valence-corrected chi connectivity index (χ1v) is 10.6. The number of hydrogen-bond acceptors (Lipinski definition) is 12. The first-order valence-electron chi connectivity index (χ1n) is 10.6. The maximum atomic E-state index is 11.0. The quantitative estimate of drug-likeness (QED) is 0.196. The summed E-state index contributed by atoms with van der Waals surface area (Å²) in [4.78, 5) is 0. The predicted molar refractivity (Wildman–Crippen MR) is 110 cm³/mol. The number of aliphatic hydroxyl groups excluding tert-OH is 2. The molecule has 1 saturated heterocycles. The van der Waals surface area contributed by atoms with Gasteiger partial charge in [-0.15, -0.1) is 0 Å². The summed E-state index contributed by atoms with van der Waals surface area (Å²) in [5, 5.41) is 34.9. The van der Waals surface area contributed by atoms with E-state index in [2.05, 4.69) is 5.32 Å². The second kappa shape index (κ2) is 9.93. The smallest absolute Gasteiger partial charge is 0.215 e. The Morgan fingerprint density at radius 3 is 2.29 bits per heavy atom. The van der Waals surface area contributed by atoms with Crippen LogP contribution >= 0.6 is 0 Å². The van der Waals surface area contributed by atoms with Gasteiger partial charge in [-0.1, -0.05) is 0 Å². The molecule has 11 atom stereocenters. The second-order valence-electron chi connectivity index (χ2n) is 8.81. The van der Waals surface area contributed by atoms with Gasteiger partial charge in [-0.25, -0.2) is 0 Å². The van der Waals surface area contributed by atoms with Crippen molar-refractivity contribution < 1.29 is 34.3 Å². The van der Waals surface area contributed by atoms with Crippen molar-refractivity contribution in [2.24, 2.45) is 22.9 Å². The highest BCUT2D eigenvalue weighted by atomic mass is 16.7. The minimum Gasteiger partial charge on any atom is -0.467 e. The zero-order valence-corrected chi connectivity index (χ0v) is 18.0. The maximum Gasteiger partial charge on any atom is 0.215 e. The second-order valence-corrected chi connectivity index (χ2v) is 8.81. The molecule has 2 heterocycles. The normalized spacial score (nSPS) is 48.7. The molecule has 0 aromatic rings. The van der Waals surface area contributed by atoms with Crippen molar-refractivity contribution in [1.82, 2.24) is 5.32 Å². The van der Waals surface area contributed by atoms with Crippen LogP contribution in [0.2, 0.25) is 0 Å². The zero-order valence-electron chi connectivity index (χ0n) is 18.0. The molecule has 0 radical (unpaired) electrons. The molecule has 0 unspecified atom stereocenters. The number of likely N-dealkylation sites (N-methyl/N-ethyl adjacent to an activating group) is 1. The van der Waals surface area contributed by atoms with E-state index in [0.717, 1.165) is 0 Å². The summed E-state index contributed by atoms with van der Waals surface area (Å²) in [5.41, 5.74) is 22.9. The van der Waals surface area contributed by atoms with Crippen molar-refractivity contribution >= 4 is 0 Å². The van der Waals surface area contributed by atoms with Gasteiger partial charge in [-0.05, 0) is 32.9 Å². The van der Waals surface area contributed by atoms with Crippen LogP contribution in [0.5, 0.6) is 0 Å². The zero-order chi connectivity index (χ0) is 22.9. The van der Waals surface area contributed by atoms with Crippen LogP contribution in [0.25, 0.3) is 0 Å². The summed E-state index contributed by atoms with van der Waals surface area (Å²) in [6.45, 7) is 1.68. The van der Waals surface area contributed by atoms with Crippen molar-refractivity contribution in [3.05, 3.63) is 11.8 Å². The van der Waals surface area contributed by atoms with Crippen molar-refractivity contribution in [3.63, 3.8) is 0 Å². The van der Waals surface area contributed by atoms with E-state index < -0.39 is 66.8 Å². The third-order valence-electron chi connectivity index (χ3n) is 6.22. The average molecular weight is 448 g/mol. The molecule has 3 aliphatic rings. The van der Waals surface area contributed by atoms with Gasteiger partial charge in [0.1, 0.15) is 35.8 Å². The molecule has 3 rings (SSSR count). The van der Waals surface area contributed by atoms with E-state index in [1.165, 1.54) is 0 Å². The van der Waals surface area contributed by atoms with Crippen LogP contribution < -0.4 is 28.3 Å². The summed E-state index contributed by atoms with van der Waals surface area (Å²) in [7, 11) is 1.62. The summed E-state index contributed by atoms with van der Waals surface area (Å²) < 4.78 is 23.1. The van der Waals surface area contributed by atoms with Crippen LogP contribution in [-0.4, -0.2) is 102 Å². The standard InChI is InChI=1S/C19H37N5O7/c1-19(27)7-28-18(13(26)16(19)24-2)31-15-11(23)5-10(22)14(12(15)25)30-17-9(21)4-3-8(6-20)29-17/h3,9-18,24-27H,4-7,20-23H2,1-2H3/t9-,10+,11-,12+,13-,14+,15-,16+,17-,18+,19+/m1/s1. The van der Waals surface area contributed by atoms with E-state index in [-0.39, 0.29) is 13.2 Å². The van der Waals surface area contributed by atoms with Gasteiger partial charge in [-0.3, -0.25) is 0 Å². The van der Waals surface area contributed by atoms with Crippen molar-refractivity contribution in [3.8, 4) is 0 Å². The molecular formula is C19H37N5O7. The fourth-order valence-corrected chi connectivity index (χ4v) is 4.44. The summed E-state index contributed by atoms with van der Waals surface area (Å²) in [6, 6.07) is -2.37. The molecule has 0 aromatic heterocycles. The first-order chi connectivity index (χ1) is 14.6. The van der Waals surface area contributed by atoms with Gasteiger partial charge in [0, 0.05) is 12.1 Å². The molecule has 12 nitrogen and oxygen atoms in total. The molecular weight excluding hydrogens is 410 g/mol. The highest BCUT2D eigenvalue weighted by Crippen LogP contribution is 2.31. The number of aliphatic hydroxyl groups is 3. The van der Waals surface area contributed by atoms with Gasteiger partial charge in [0.2, 0.25) is 6.29 Å². The van der Waals surface area contributed by atoms with Crippen LogP contribution in [0, 0.1) is 0 Å². The minimum absolute atomic E-state index is 0.0727. The molecule has 180 valence electrons. The Hall–Kier alpha value is -0.900. The minimum atomic E-state index is -1.29. The molecule has 1 aliphatic carbocycles. The largest absolute Gasteiger partial charge is 0.467 e. The lowest BCUT2D eigenvalue weighted by Gasteiger charge is -2.48. The van der Waals surface area contributed by atoms with Crippen molar-refractivity contribution in [2.75, 3.05) is 20.2 Å². The van der Waals surface area contributed by atoms with Crippen LogP contribution in [-0.2, 0) is 18.9 Å². The van der Waals surface area contributed by atoms with Crippen LogP contribution in [0.3, 0.4) is 0 Å². The molecule has 0 spiro atoms. The average Bonchev–Trinajstić information content (AvgIpc) is 2.71. The van der Waals surface area contributed by atoms with E-state index in [0.29, 0.717) is 18.6 Å². The Labute approximate surface area is 181 Å². The van der Waals surface area contributed by atoms with Gasteiger partial charge in [0.25, 0.3) is 0 Å². The maximum absolute atomic E-state index is 11.0. The first kappa shape index (κ1) is 24.7.